The fourth-order valence-corrected chi connectivity index (χ4v) is 1.33. The molecule has 0 fully saturated rings. The molecule has 0 aliphatic heterocycles. The number of hydrogen-bond donors (Lipinski definition) is 1. The van der Waals surface area contributed by atoms with Crippen molar-refractivity contribution in [3.05, 3.63) is 22.7 Å². The Labute approximate surface area is 84.0 Å². The van der Waals surface area contributed by atoms with Crippen molar-refractivity contribution < 1.29 is 0 Å². The van der Waals surface area contributed by atoms with Crippen molar-refractivity contribution in [2.45, 2.75) is 26.7 Å². The highest BCUT2D eigenvalue weighted by Crippen LogP contribution is 2.03. The Hall–Kier alpha value is -1.32. The van der Waals surface area contributed by atoms with Crippen LogP contribution in [0.2, 0.25) is 0 Å². The van der Waals surface area contributed by atoms with E-state index in [0.717, 1.165) is 25.9 Å². The van der Waals surface area contributed by atoms with Crippen LogP contribution in [0.5, 0.6) is 0 Å². The molecule has 0 bridgehead atoms. The molecule has 1 heterocycles. The molecule has 0 aromatic carbocycles. The second-order valence-electron chi connectivity index (χ2n) is 3.18. The number of aromatic amines is 1. The first-order valence-electron chi connectivity index (χ1n) is 5.08. The zero-order chi connectivity index (χ0) is 10.4. The normalized spacial score (nSPS) is 10.1. The molecule has 78 valence electrons. The first-order chi connectivity index (χ1) is 6.79. The molecule has 0 aliphatic rings. The van der Waals surface area contributed by atoms with E-state index in [9.17, 15) is 4.79 Å². The summed E-state index contributed by atoms with van der Waals surface area (Å²) < 4.78 is 0. The Kier molecular flexibility index (Phi) is 4.16. The predicted molar refractivity (Wildman–Crippen MR) is 57.7 cm³/mol. The quantitative estimate of drug-likeness (QED) is 0.772. The maximum absolute atomic E-state index is 11.4. The number of nitrogens with one attached hydrogen (secondary N) is 1. The minimum Gasteiger partial charge on any atom is -0.352 e. The molecule has 4 heteroatoms. The van der Waals surface area contributed by atoms with E-state index < -0.39 is 0 Å². The van der Waals surface area contributed by atoms with Crippen LogP contribution in [0, 0.1) is 0 Å². The highest BCUT2D eigenvalue weighted by Gasteiger charge is 2.08. The maximum Gasteiger partial charge on any atom is 0.290 e. The minimum atomic E-state index is -0.106. The number of H-pyrrole nitrogens is 1. The lowest BCUT2D eigenvalue weighted by molar-refractivity contribution is 0.719. The molecular weight excluding hydrogens is 178 g/mol. The van der Waals surface area contributed by atoms with Gasteiger partial charge < -0.3 is 9.88 Å². The Morgan fingerprint density at radius 3 is 2.86 bits per heavy atom. The molecule has 0 atom stereocenters. The van der Waals surface area contributed by atoms with Crippen LogP contribution in [0.1, 0.15) is 26.7 Å². The van der Waals surface area contributed by atoms with Crippen molar-refractivity contribution in [3.8, 4) is 0 Å². The average molecular weight is 195 g/mol. The van der Waals surface area contributed by atoms with E-state index in [1.54, 1.807) is 12.4 Å². The number of nitrogens with zero attached hydrogens (tertiary/aromatic N) is 2. The molecule has 1 aromatic rings. The van der Waals surface area contributed by atoms with Crippen LogP contribution in [0.25, 0.3) is 0 Å². The predicted octanol–water partition coefficient (Wildman–Crippen LogP) is 1.40. The van der Waals surface area contributed by atoms with E-state index in [1.165, 1.54) is 0 Å². The summed E-state index contributed by atoms with van der Waals surface area (Å²) >= 11 is 0. The third-order valence-electron chi connectivity index (χ3n) is 2.15. The van der Waals surface area contributed by atoms with Crippen LogP contribution in [0.4, 0.5) is 5.82 Å². The number of unbranched alkanes of at least 4 members (excludes halogenated alkanes) is 1. The summed E-state index contributed by atoms with van der Waals surface area (Å²) in [5, 5.41) is 0. The van der Waals surface area contributed by atoms with Gasteiger partial charge in [-0.15, -0.1) is 0 Å². The van der Waals surface area contributed by atoms with Gasteiger partial charge >= 0.3 is 0 Å². The van der Waals surface area contributed by atoms with E-state index in [-0.39, 0.29) is 5.56 Å². The lowest BCUT2D eigenvalue weighted by Crippen LogP contribution is -2.30. The average Bonchev–Trinajstić information content (AvgIpc) is 2.21. The largest absolute Gasteiger partial charge is 0.352 e. The molecular formula is C10H17N3O. The van der Waals surface area contributed by atoms with Gasteiger partial charge in [-0.1, -0.05) is 13.3 Å². The van der Waals surface area contributed by atoms with Gasteiger partial charge in [-0.25, -0.2) is 4.98 Å². The second kappa shape index (κ2) is 5.42. The molecule has 4 nitrogen and oxygen atoms in total. The third kappa shape index (κ3) is 2.58. The molecule has 1 N–H and O–H groups in total. The Balaban J connectivity index is 2.78. The molecule has 0 radical (unpaired) electrons. The number of hydrogen-bond acceptors (Lipinski definition) is 3. The molecule has 1 aromatic heterocycles. The summed E-state index contributed by atoms with van der Waals surface area (Å²) in [6.07, 6.45) is 5.38. The molecule has 0 saturated carbocycles. The molecule has 0 amide bonds. The van der Waals surface area contributed by atoms with E-state index >= 15 is 0 Å². The van der Waals surface area contributed by atoms with Crippen LogP contribution in [0.3, 0.4) is 0 Å². The zero-order valence-corrected chi connectivity index (χ0v) is 8.79. The molecule has 0 unspecified atom stereocenters. The van der Waals surface area contributed by atoms with Crippen LogP contribution >= 0.6 is 0 Å². The summed E-state index contributed by atoms with van der Waals surface area (Å²) in [7, 11) is 0. The second-order valence-corrected chi connectivity index (χ2v) is 3.18. The summed E-state index contributed by atoms with van der Waals surface area (Å²) in [5.41, 5.74) is -0.106. The molecule has 0 aliphatic carbocycles. The summed E-state index contributed by atoms with van der Waals surface area (Å²) in [6, 6.07) is 0. The zero-order valence-electron chi connectivity index (χ0n) is 8.79. The minimum absolute atomic E-state index is 0.106. The van der Waals surface area contributed by atoms with Crippen molar-refractivity contribution in [1.29, 1.82) is 0 Å². The lowest BCUT2D eigenvalue weighted by atomic mass is 10.3. The lowest BCUT2D eigenvalue weighted by Gasteiger charge is -2.19. The molecule has 14 heavy (non-hydrogen) atoms. The van der Waals surface area contributed by atoms with Gasteiger partial charge in [-0.05, 0) is 13.3 Å². The van der Waals surface area contributed by atoms with Crippen molar-refractivity contribution in [2.24, 2.45) is 0 Å². The van der Waals surface area contributed by atoms with Crippen molar-refractivity contribution in [3.63, 3.8) is 0 Å². The first-order valence-corrected chi connectivity index (χ1v) is 5.08. The van der Waals surface area contributed by atoms with E-state index in [2.05, 4.69) is 16.9 Å². The van der Waals surface area contributed by atoms with Crippen LogP contribution in [-0.2, 0) is 0 Å². The van der Waals surface area contributed by atoms with Gasteiger partial charge in [0.05, 0.1) is 0 Å². The van der Waals surface area contributed by atoms with Crippen molar-refractivity contribution in [2.75, 3.05) is 18.0 Å². The highest BCUT2D eigenvalue weighted by molar-refractivity contribution is 5.34. The van der Waals surface area contributed by atoms with Crippen molar-refractivity contribution >= 4 is 5.82 Å². The molecule has 1 rings (SSSR count). The van der Waals surface area contributed by atoms with Gasteiger partial charge in [0.1, 0.15) is 0 Å². The third-order valence-corrected chi connectivity index (χ3v) is 2.15. The summed E-state index contributed by atoms with van der Waals surface area (Å²) in [5.74, 6) is 0.531. The Bertz CT molecular complexity index is 321. The van der Waals surface area contributed by atoms with Gasteiger partial charge in [0.2, 0.25) is 0 Å². The van der Waals surface area contributed by atoms with Gasteiger partial charge in [0.25, 0.3) is 5.56 Å². The van der Waals surface area contributed by atoms with Gasteiger partial charge in [0, 0.05) is 25.5 Å². The highest BCUT2D eigenvalue weighted by atomic mass is 16.1. The number of aromatic nitrogens is 2. The fourth-order valence-electron chi connectivity index (χ4n) is 1.33. The van der Waals surface area contributed by atoms with Gasteiger partial charge in [-0.3, -0.25) is 4.79 Å². The molecule has 0 spiro atoms. The van der Waals surface area contributed by atoms with Gasteiger partial charge in [-0.2, -0.15) is 0 Å². The standard InChI is InChI=1S/C10H17N3O/c1-3-5-8-13(4-2)9-10(14)12-7-6-11-9/h6-7H,3-5,8H2,1-2H3,(H,12,14). The SMILES string of the molecule is CCCCN(CC)c1ncc[nH]c1=O. The summed E-state index contributed by atoms with van der Waals surface area (Å²) in [4.78, 5) is 20.1. The number of rotatable bonds is 5. The smallest absolute Gasteiger partial charge is 0.290 e. The van der Waals surface area contributed by atoms with Crippen LogP contribution < -0.4 is 10.5 Å². The Morgan fingerprint density at radius 2 is 2.29 bits per heavy atom. The van der Waals surface area contributed by atoms with E-state index in [4.69, 9.17) is 0 Å². The van der Waals surface area contributed by atoms with E-state index in [0.29, 0.717) is 5.82 Å². The van der Waals surface area contributed by atoms with Crippen LogP contribution in [-0.4, -0.2) is 23.1 Å². The maximum atomic E-state index is 11.4. The monoisotopic (exact) mass is 195 g/mol. The first kappa shape index (κ1) is 10.8. The fraction of sp³-hybridized carbons (Fsp3) is 0.600. The van der Waals surface area contributed by atoms with Crippen LogP contribution in [0.15, 0.2) is 17.2 Å². The summed E-state index contributed by atoms with van der Waals surface area (Å²) in [6.45, 7) is 5.88. The van der Waals surface area contributed by atoms with Gasteiger partial charge in [0.15, 0.2) is 5.82 Å². The van der Waals surface area contributed by atoms with E-state index in [1.807, 2.05) is 11.8 Å². The topological polar surface area (TPSA) is 49.0 Å². The van der Waals surface area contributed by atoms with Crippen molar-refractivity contribution in [1.82, 2.24) is 9.97 Å². The number of anilines is 1. The Morgan fingerprint density at radius 1 is 1.50 bits per heavy atom. The molecule has 0 saturated heterocycles.